The smallest absolute Gasteiger partial charge is 0.254 e. The molecule has 176 valence electrons. The van der Waals surface area contributed by atoms with Crippen LogP contribution in [0.2, 0.25) is 10.0 Å². The molecule has 2 aromatic carbocycles. The van der Waals surface area contributed by atoms with E-state index in [2.05, 4.69) is 36.1 Å². The van der Waals surface area contributed by atoms with Crippen LogP contribution in [0.3, 0.4) is 0 Å². The number of hydrogen-bond donors (Lipinski definition) is 0. The summed E-state index contributed by atoms with van der Waals surface area (Å²) in [6.45, 7) is 5.99. The number of rotatable bonds is 4. The Balaban J connectivity index is 1.47. The largest absolute Gasteiger partial charge is 0.378 e. The van der Waals surface area contributed by atoms with Crippen LogP contribution in [0.4, 0.5) is 5.82 Å². The van der Waals surface area contributed by atoms with Crippen LogP contribution < -0.4 is 4.90 Å². The first kappa shape index (κ1) is 23.1. The zero-order chi connectivity index (χ0) is 23.7. The summed E-state index contributed by atoms with van der Waals surface area (Å²) in [5.41, 5.74) is 4.94. The van der Waals surface area contributed by atoms with E-state index in [4.69, 9.17) is 37.9 Å². The van der Waals surface area contributed by atoms with E-state index in [-0.39, 0.29) is 5.91 Å². The normalized spacial score (nSPS) is 15.9. The SMILES string of the molecule is Cc1cccc(Cc2nc3c(c(N4CCOCC4)n2)CN(C(=O)c2cc(Cl)cc(Cl)c2)CC3)c1. The molecule has 0 unspecified atom stereocenters. The average molecular weight is 497 g/mol. The van der Waals surface area contributed by atoms with Crippen molar-refractivity contribution >= 4 is 34.9 Å². The van der Waals surface area contributed by atoms with Crippen LogP contribution in [0.25, 0.3) is 0 Å². The van der Waals surface area contributed by atoms with Gasteiger partial charge in [0.05, 0.1) is 25.5 Å². The molecule has 3 heterocycles. The van der Waals surface area contributed by atoms with Crippen molar-refractivity contribution in [2.45, 2.75) is 26.3 Å². The van der Waals surface area contributed by atoms with Crippen molar-refractivity contribution in [3.8, 4) is 0 Å². The third-order valence-corrected chi connectivity index (χ3v) is 6.67. The van der Waals surface area contributed by atoms with Gasteiger partial charge in [-0.1, -0.05) is 53.0 Å². The van der Waals surface area contributed by atoms with E-state index in [1.165, 1.54) is 11.1 Å². The third-order valence-electron chi connectivity index (χ3n) is 6.24. The minimum Gasteiger partial charge on any atom is -0.378 e. The Morgan fingerprint density at radius 1 is 1.03 bits per heavy atom. The minimum absolute atomic E-state index is 0.0909. The van der Waals surface area contributed by atoms with Gasteiger partial charge in [-0.2, -0.15) is 0 Å². The monoisotopic (exact) mass is 496 g/mol. The molecule has 2 aliphatic rings. The van der Waals surface area contributed by atoms with Gasteiger partial charge < -0.3 is 14.5 Å². The molecule has 0 N–H and O–H groups in total. The predicted octanol–water partition coefficient (Wildman–Crippen LogP) is 4.72. The highest BCUT2D eigenvalue weighted by atomic mass is 35.5. The molecule has 1 amide bonds. The zero-order valence-electron chi connectivity index (χ0n) is 19.1. The fourth-order valence-corrected chi connectivity index (χ4v) is 5.13. The van der Waals surface area contributed by atoms with E-state index < -0.39 is 0 Å². The number of carbonyl (C=O) groups is 1. The highest BCUT2D eigenvalue weighted by Crippen LogP contribution is 2.30. The quantitative estimate of drug-likeness (QED) is 0.522. The molecule has 1 fully saturated rings. The Morgan fingerprint density at radius 2 is 1.79 bits per heavy atom. The van der Waals surface area contributed by atoms with E-state index in [0.29, 0.717) is 54.8 Å². The molecule has 1 aromatic heterocycles. The molecule has 0 spiro atoms. The summed E-state index contributed by atoms with van der Waals surface area (Å²) in [5, 5.41) is 0.901. The molecule has 0 bridgehead atoms. The Kier molecular flexibility index (Phi) is 6.73. The lowest BCUT2D eigenvalue weighted by atomic mass is 10.0. The van der Waals surface area contributed by atoms with Crippen LogP contribution in [0.15, 0.2) is 42.5 Å². The number of morpholine rings is 1. The fourth-order valence-electron chi connectivity index (χ4n) is 4.60. The van der Waals surface area contributed by atoms with Gasteiger partial charge in [0.2, 0.25) is 0 Å². The summed E-state index contributed by atoms with van der Waals surface area (Å²) in [7, 11) is 0. The standard InChI is InChI=1S/C26H26Cl2N4O2/c1-17-3-2-4-18(11-17)12-24-29-23-5-6-32(26(33)19-13-20(27)15-21(28)14-19)16-22(23)25(30-24)31-7-9-34-10-8-31/h2-4,11,13-15H,5-10,12,16H2,1H3. The zero-order valence-corrected chi connectivity index (χ0v) is 20.6. The summed E-state index contributed by atoms with van der Waals surface area (Å²) < 4.78 is 5.57. The molecular formula is C26H26Cl2N4O2. The van der Waals surface area contributed by atoms with Gasteiger partial charge in [0.25, 0.3) is 5.91 Å². The van der Waals surface area contributed by atoms with Crippen molar-refractivity contribution in [1.82, 2.24) is 14.9 Å². The van der Waals surface area contributed by atoms with Crippen molar-refractivity contribution in [3.63, 3.8) is 0 Å². The van der Waals surface area contributed by atoms with E-state index in [0.717, 1.165) is 36.0 Å². The highest BCUT2D eigenvalue weighted by molar-refractivity contribution is 6.35. The lowest BCUT2D eigenvalue weighted by Crippen LogP contribution is -2.41. The lowest BCUT2D eigenvalue weighted by molar-refractivity contribution is 0.0733. The van der Waals surface area contributed by atoms with Crippen LogP contribution in [-0.4, -0.2) is 53.6 Å². The van der Waals surface area contributed by atoms with Crippen molar-refractivity contribution < 1.29 is 9.53 Å². The second-order valence-corrected chi connectivity index (χ2v) is 9.66. The van der Waals surface area contributed by atoms with E-state index in [1.54, 1.807) is 18.2 Å². The molecule has 2 aliphatic heterocycles. The molecule has 8 heteroatoms. The second-order valence-electron chi connectivity index (χ2n) is 8.79. The van der Waals surface area contributed by atoms with Gasteiger partial charge in [0.15, 0.2) is 0 Å². The highest BCUT2D eigenvalue weighted by Gasteiger charge is 2.29. The lowest BCUT2D eigenvalue weighted by Gasteiger charge is -2.34. The molecule has 5 rings (SSSR count). The first-order valence-electron chi connectivity index (χ1n) is 11.5. The van der Waals surface area contributed by atoms with Crippen LogP contribution in [0, 0.1) is 6.92 Å². The van der Waals surface area contributed by atoms with Gasteiger partial charge in [-0.25, -0.2) is 9.97 Å². The van der Waals surface area contributed by atoms with Crippen LogP contribution >= 0.6 is 23.2 Å². The van der Waals surface area contributed by atoms with E-state index in [9.17, 15) is 4.79 Å². The number of amides is 1. The van der Waals surface area contributed by atoms with Crippen molar-refractivity contribution in [1.29, 1.82) is 0 Å². The number of halogens is 2. The van der Waals surface area contributed by atoms with Crippen molar-refractivity contribution in [3.05, 3.63) is 86.3 Å². The van der Waals surface area contributed by atoms with Gasteiger partial charge in [-0.05, 0) is 30.7 Å². The molecule has 0 atom stereocenters. The summed E-state index contributed by atoms with van der Waals surface area (Å²) >= 11 is 12.3. The first-order chi connectivity index (χ1) is 16.5. The van der Waals surface area contributed by atoms with Crippen molar-refractivity contribution in [2.24, 2.45) is 0 Å². The summed E-state index contributed by atoms with van der Waals surface area (Å²) in [6.07, 6.45) is 1.35. The summed E-state index contributed by atoms with van der Waals surface area (Å²) in [6, 6.07) is 13.4. The van der Waals surface area contributed by atoms with Gasteiger partial charge in [0, 0.05) is 53.6 Å². The number of benzene rings is 2. The maximum Gasteiger partial charge on any atom is 0.254 e. The Morgan fingerprint density at radius 3 is 2.53 bits per heavy atom. The van der Waals surface area contributed by atoms with E-state index >= 15 is 0 Å². The molecule has 0 aliphatic carbocycles. The Hall–Kier alpha value is -2.67. The third kappa shape index (κ3) is 5.04. The minimum atomic E-state index is -0.0909. The van der Waals surface area contributed by atoms with E-state index in [1.807, 2.05) is 4.90 Å². The van der Waals surface area contributed by atoms with Crippen LogP contribution in [0.1, 0.15) is 38.6 Å². The molecule has 0 saturated carbocycles. The summed E-state index contributed by atoms with van der Waals surface area (Å²) in [4.78, 5) is 27.3. The maximum absolute atomic E-state index is 13.3. The van der Waals surface area contributed by atoms with Gasteiger partial charge in [-0.3, -0.25) is 4.79 Å². The topological polar surface area (TPSA) is 58.6 Å². The molecule has 0 radical (unpaired) electrons. The number of anilines is 1. The molecular weight excluding hydrogens is 471 g/mol. The van der Waals surface area contributed by atoms with Crippen molar-refractivity contribution in [2.75, 3.05) is 37.7 Å². The Bertz CT molecular complexity index is 1210. The predicted molar refractivity (Wildman–Crippen MR) is 134 cm³/mol. The molecule has 1 saturated heterocycles. The second kappa shape index (κ2) is 9.90. The number of fused-ring (bicyclic) bond motifs is 1. The number of ether oxygens (including phenoxy) is 1. The first-order valence-corrected chi connectivity index (χ1v) is 12.2. The van der Waals surface area contributed by atoms with Gasteiger partial charge in [0.1, 0.15) is 11.6 Å². The molecule has 6 nitrogen and oxygen atoms in total. The number of aromatic nitrogens is 2. The van der Waals surface area contributed by atoms with Gasteiger partial charge in [-0.15, -0.1) is 0 Å². The van der Waals surface area contributed by atoms with Crippen LogP contribution in [-0.2, 0) is 24.1 Å². The number of aryl methyl sites for hydroxylation is 1. The number of nitrogens with zero attached hydrogens (tertiary/aromatic N) is 4. The number of carbonyl (C=O) groups excluding carboxylic acids is 1. The van der Waals surface area contributed by atoms with Crippen LogP contribution in [0.5, 0.6) is 0 Å². The van der Waals surface area contributed by atoms with Gasteiger partial charge >= 0.3 is 0 Å². The summed E-state index contributed by atoms with van der Waals surface area (Å²) in [5.74, 6) is 1.64. The number of hydrogen-bond acceptors (Lipinski definition) is 5. The maximum atomic E-state index is 13.3. The molecule has 34 heavy (non-hydrogen) atoms. The Labute approximate surface area is 209 Å². The average Bonchev–Trinajstić information content (AvgIpc) is 2.83. The fraction of sp³-hybridized carbons (Fsp3) is 0.346. The molecule has 3 aromatic rings.